The SMILES string of the molecule is COc1cc(N2CCN(C(=O)OC(C)(C)C)CC2)ccc1-c1cc(C2=CCCN(C(C)=O)C2)c(F)c2[nH]c(C(=O)N(C)C)cc12. The van der Waals surface area contributed by atoms with E-state index in [2.05, 4.69) is 9.88 Å². The van der Waals surface area contributed by atoms with Gasteiger partial charge in [-0.3, -0.25) is 9.59 Å². The van der Waals surface area contributed by atoms with Crippen LogP contribution >= 0.6 is 0 Å². The highest BCUT2D eigenvalue weighted by Crippen LogP contribution is 2.41. The number of hydrogen-bond donors (Lipinski definition) is 1. The molecule has 1 saturated heterocycles. The number of H-pyrrole nitrogens is 1. The number of amides is 3. The van der Waals surface area contributed by atoms with E-state index in [0.717, 1.165) is 11.3 Å². The average Bonchev–Trinajstić information content (AvgIpc) is 3.46. The van der Waals surface area contributed by atoms with Gasteiger partial charge >= 0.3 is 6.09 Å². The number of nitrogens with zero attached hydrogens (tertiary/aromatic N) is 4. The van der Waals surface area contributed by atoms with Crippen molar-refractivity contribution in [2.45, 2.75) is 39.7 Å². The Morgan fingerprint density at radius 1 is 0.933 bits per heavy atom. The second kappa shape index (κ2) is 12.5. The number of piperazine rings is 1. The highest BCUT2D eigenvalue weighted by molar-refractivity contribution is 6.05. The Hall–Kier alpha value is -4.54. The highest BCUT2D eigenvalue weighted by Gasteiger charge is 2.28. The number of aromatic amines is 1. The Kier molecular flexibility index (Phi) is 8.82. The lowest BCUT2D eigenvalue weighted by Gasteiger charge is -2.37. The number of halogens is 1. The predicted molar refractivity (Wildman–Crippen MR) is 173 cm³/mol. The minimum atomic E-state index is -0.552. The highest BCUT2D eigenvalue weighted by atomic mass is 19.1. The van der Waals surface area contributed by atoms with Crippen molar-refractivity contribution in [3.8, 4) is 16.9 Å². The Bertz CT molecular complexity index is 1660. The summed E-state index contributed by atoms with van der Waals surface area (Å²) in [6.45, 7) is 10.3. The molecule has 3 heterocycles. The summed E-state index contributed by atoms with van der Waals surface area (Å²) in [6.07, 6.45) is 2.28. The van der Waals surface area contributed by atoms with Crippen LogP contribution in [0.2, 0.25) is 0 Å². The molecule has 0 bridgehead atoms. The molecule has 240 valence electrons. The Morgan fingerprint density at radius 2 is 1.64 bits per heavy atom. The van der Waals surface area contributed by atoms with Crippen molar-refractivity contribution in [3.05, 3.63) is 53.5 Å². The van der Waals surface area contributed by atoms with E-state index < -0.39 is 11.4 Å². The first kappa shape index (κ1) is 31.9. The van der Waals surface area contributed by atoms with Gasteiger partial charge in [0.2, 0.25) is 5.91 Å². The number of benzene rings is 2. The lowest BCUT2D eigenvalue weighted by atomic mass is 9.92. The maximum absolute atomic E-state index is 16.2. The lowest BCUT2D eigenvalue weighted by molar-refractivity contribution is -0.128. The van der Waals surface area contributed by atoms with Crippen LogP contribution in [0.4, 0.5) is 14.9 Å². The molecule has 3 amide bonds. The predicted octanol–water partition coefficient (Wildman–Crippen LogP) is 5.38. The summed E-state index contributed by atoms with van der Waals surface area (Å²) < 4.78 is 27.7. The summed E-state index contributed by atoms with van der Waals surface area (Å²) in [4.78, 5) is 47.7. The monoisotopic (exact) mass is 619 g/mol. The first-order valence-electron chi connectivity index (χ1n) is 15.2. The first-order valence-corrected chi connectivity index (χ1v) is 15.2. The van der Waals surface area contributed by atoms with Crippen molar-refractivity contribution in [2.75, 3.05) is 65.4 Å². The van der Waals surface area contributed by atoms with Gasteiger partial charge in [-0.25, -0.2) is 9.18 Å². The van der Waals surface area contributed by atoms with Crippen molar-refractivity contribution in [3.63, 3.8) is 0 Å². The zero-order valence-electron chi connectivity index (χ0n) is 27.1. The van der Waals surface area contributed by atoms with E-state index in [9.17, 15) is 14.4 Å². The van der Waals surface area contributed by atoms with E-state index in [1.807, 2.05) is 45.0 Å². The molecule has 1 fully saturated rings. The number of hydrogen-bond acceptors (Lipinski definition) is 6. The van der Waals surface area contributed by atoms with Crippen molar-refractivity contribution >= 4 is 40.1 Å². The standard InChI is InChI=1S/C34H42FN5O5/c1-21(41)40-12-8-9-22(20-40)25-18-26(27-19-28(32(42)37(5)6)36-31(27)30(25)35)24-11-10-23(17-29(24)44-7)38-13-15-39(16-14-38)33(43)45-34(2,3)4/h9-11,17-19,36H,8,12-16,20H2,1-7H3. The van der Waals surface area contributed by atoms with Crippen molar-refractivity contribution in [1.82, 2.24) is 19.7 Å². The van der Waals surface area contributed by atoms with Crippen LogP contribution in [-0.4, -0.2) is 104 Å². The number of rotatable bonds is 5. The maximum atomic E-state index is 16.2. The van der Waals surface area contributed by atoms with Gasteiger partial charge in [0.1, 0.15) is 17.0 Å². The molecule has 11 heteroatoms. The molecule has 0 spiro atoms. The van der Waals surface area contributed by atoms with Gasteiger partial charge in [0.25, 0.3) is 5.91 Å². The largest absolute Gasteiger partial charge is 0.496 e. The fraction of sp³-hybridized carbons (Fsp3) is 0.441. The molecule has 0 atom stereocenters. The van der Waals surface area contributed by atoms with Gasteiger partial charge in [0.05, 0.1) is 12.6 Å². The lowest BCUT2D eigenvalue weighted by Crippen LogP contribution is -2.50. The maximum Gasteiger partial charge on any atom is 0.410 e. The summed E-state index contributed by atoms with van der Waals surface area (Å²) in [5.41, 5.74) is 3.40. The van der Waals surface area contributed by atoms with Crippen LogP contribution in [0.15, 0.2) is 36.4 Å². The molecule has 1 N–H and O–H groups in total. The van der Waals surface area contributed by atoms with E-state index in [1.54, 1.807) is 43.1 Å². The Morgan fingerprint density at radius 3 is 2.27 bits per heavy atom. The molecule has 1 aromatic heterocycles. The van der Waals surface area contributed by atoms with Gasteiger partial charge in [-0.05, 0) is 62.6 Å². The molecule has 0 radical (unpaired) electrons. The van der Waals surface area contributed by atoms with E-state index in [-0.39, 0.29) is 29.1 Å². The number of anilines is 1. The number of carbonyl (C=O) groups is 3. The van der Waals surface area contributed by atoms with E-state index in [1.165, 1.54) is 11.8 Å². The molecule has 0 aliphatic carbocycles. The fourth-order valence-corrected chi connectivity index (χ4v) is 5.85. The van der Waals surface area contributed by atoms with E-state index in [0.29, 0.717) is 73.5 Å². The fourth-order valence-electron chi connectivity index (χ4n) is 5.85. The van der Waals surface area contributed by atoms with Crippen LogP contribution in [0.25, 0.3) is 27.6 Å². The average molecular weight is 620 g/mol. The van der Waals surface area contributed by atoms with Crippen LogP contribution < -0.4 is 9.64 Å². The minimum absolute atomic E-state index is 0.0646. The number of fused-ring (bicyclic) bond motifs is 1. The second-order valence-electron chi connectivity index (χ2n) is 12.8. The summed E-state index contributed by atoms with van der Waals surface area (Å²) in [7, 11) is 4.89. The Labute approximate surface area is 263 Å². The zero-order valence-corrected chi connectivity index (χ0v) is 27.1. The molecule has 45 heavy (non-hydrogen) atoms. The summed E-state index contributed by atoms with van der Waals surface area (Å²) >= 11 is 0. The number of carbonyl (C=O) groups excluding carboxylic acids is 3. The van der Waals surface area contributed by atoms with Crippen LogP contribution in [0, 0.1) is 5.82 Å². The zero-order chi connectivity index (χ0) is 32.6. The molecule has 10 nitrogen and oxygen atoms in total. The number of ether oxygens (including phenoxy) is 2. The van der Waals surface area contributed by atoms with Gasteiger partial charge < -0.3 is 34.1 Å². The van der Waals surface area contributed by atoms with Gasteiger partial charge in [-0.15, -0.1) is 0 Å². The van der Waals surface area contributed by atoms with E-state index >= 15 is 4.39 Å². The van der Waals surface area contributed by atoms with Crippen LogP contribution in [0.5, 0.6) is 5.75 Å². The van der Waals surface area contributed by atoms with Gasteiger partial charge in [0.15, 0.2) is 5.82 Å². The summed E-state index contributed by atoms with van der Waals surface area (Å²) in [6, 6.07) is 9.36. The van der Waals surface area contributed by atoms with Crippen LogP contribution in [0.3, 0.4) is 0 Å². The van der Waals surface area contributed by atoms with Crippen molar-refractivity contribution in [2.24, 2.45) is 0 Å². The third kappa shape index (κ3) is 6.62. The van der Waals surface area contributed by atoms with Crippen LogP contribution in [-0.2, 0) is 9.53 Å². The normalized spacial score (nSPS) is 15.6. The number of methoxy groups -OCH3 is 1. The smallest absolute Gasteiger partial charge is 0.410 e. The molecule has 5 rings (SSSR count). The first-order chi connectivity index (χ1) is 21.3. The van der Waals surface area contributed by atoms with Crippen molar-refractivity contribution < 1.29 is 28.2 Å². The number of nitrogens with one attached hydrogen (secondary N) is 1. The molecule has 3 aromatic rings. The topological polar surface area (TPSA) is 98.4 Å². The summed E-state index contributed by atoms with van der Waals surface area (Å²) in [5, 5.41) is 0.554. The molecular weight excluding hydrogens is 577 g/mol. The molecule has 2 aliphatic rings. The molecule has 0 unspecified atom stereocenters. The molecule has 2 aliphatic heterocycles. The molecule has 2 aromatic carbocycles. The van der Waals surface area contributed by atoms with Crippen molar-refractivity contribution in [1.29, 1.82) is 0 Å². The third-order valence-electron chi connectivity index (χ3n) is 8.20. The molecular formula is C34H42FN5O5. The third-order valence-corrected chi connectivity index (χ3v) is 8.20. The minimum Gasteiger partial charge on any atom is -0.496 e. The summed E-state index contributed by atoms with van der Waals surface area (Å²) in [5.74, 6) is -0.219. The van der Waals surface area contributed by atoms with Gasteiger partial charge in [-0.1, -0.05) is 6.08 Å². The Balaban J connectivity index is 1.53. The quantitative estimate of drug-likeness (QED) is 0.412. The number of aromatic nitrogens is 1. The van der Waals surface area contributed by atoms with E-state index in [4.69, 9.17) is 9.47 Å². The van der Waals surface area contributed by atoms with Crippen LogP contribution in [0.1, 0.15) is 50.2 Å². The van der Waals surface area contributed by atoms with Gasteiger partial charge in [0, 0.05) is 88.6 Å². The van der Waals surface area contributed by atoms with Gasteiger partial charge in [-0.2, -0.15) is 0 Å². The molecule has 0 saturated carbocycles. The second-order valence-corrected chi connectivity index (χ2v) is 12.8.